The normalized spacial score (nSPS) is 19.5. The Kier molecular flexibility index (Phi) is 3.29. The number of ketones is 1. The van der Waals surface area contributed by atoms with Crippen LogP contribution in [-0.2, 0) is 6.54 Å². The number of carboxylic acid groups (broad SMARTS) is 1. The van der Waals surface area contributed by atoms with Crippen molar-refractivity contribution in [1.29, 1.82) is 0 Å². The molecule has 3 rings (SSSR count). The Bertz CT molecular complexity index is 732. The van der Waals surface area contributed by atoms with Crippen molar-refractivity contribution in [3.8, 4) is 0 Å². The second kappa shape index (κ2) is 5.00. The Morgan fingerprint density at radius 1 is 1.48 bits per heavy atom. The zero-order valence-electron chi connectivity index (χ0n) is 12.1. The minimum absolute atomic E-state index is 0.00167. The highest BCUT2D eigenvalue weighted by Gasteiger charge is 2.35. The van der Waals surface area contributed by atoms with E-state index in [9.17, 15) is 14.7 Å². The summed E-state index contributed by atoms with van der Waals surface area (Å²) in [5, 5.41) is 13.4. The number of nitrogens with one attached hydrogen (secondary N) is 1. The summed E-state index contributed by atoms with van der Waals surface area (Å²) in [6.45, 7) is 4.49. The summed E-state index contributed by atoms with van der Waals surface area (Å²) in [4.78, 5) is 24.3. The summed E-state index contributed by atoms with van der Waals surface area (Å²) in [5.41, 5.74) is 1.69. The lowest BCUT2D eigenvalue weighted by atomic mass is 9.88. The number of hydrogen-bond donors (Lipinski definition) is 2. The first-order chi connectivity index (χ1) is 10.1. The zero-order chi connectivity index (χ0) is 15.1. The van der Waals surface area contributed by atoms with E-state index >= 15 is 0 Å². The topological polar surface area (TPSA) is 71.3 Å². The molecule has 0 saturated carbocycles. The number of fused-ring (bicyclic) bond motifs is 3. The maximum absolute atomic E-state index is 12.8. The van der Waals surface area contributed by atoms with E-state index in [-0.39, 0.29) is 17.7 Å². The fraction of sp³-hybridized carbons (Fsp3) is 0.375. The molecule has 0 amide bonds. The smallest absolute Gasteiger partial charge is 0.416 e. The number of rotatable bonds is 2. The number of Topliss-reactive ketones (excluding diaryl/α,β-unsaturated/α-hetero) is 1. The Balaban J connectivity index is 2.24. The standard InChI is InChI=1S/C16H18N2O3/c1-3-9(2)14-15(19)13-10-6-4-5-7-11(10)18(16(20)21)12(13)8-17-14/h4-7,9,14,17H,3,8H2,1-2H3,(H,20,21). The highest BCUT2D eigenvalue weighted by molar-refractivity contribution is 6.14. The van der Waals surface area contributed by atoms with Gasteiger partial charge in [0.25, 0.3) is 0 Å². The average molecular weight is 286 g/mol. The van der Waals surface area contributed by atoms with E-state index in [0.29, 0.717) is 23.3 Å². The molecule has 2 aromatic rings. The predicted molar refractivity (Wildman–Crippen MR) is 79.8 cm³/mol. The van der Waals surface area contributed by atoms with Crippen LogP contribution >= 0.6 is 0 Å². The van der Waals surface area contributed by atoms with E-state index in [1.165, 1.54) is 4.57 Å². The number of para-hydroxylation sites is 1. The van der Waals surface area contributed by atoms with Gasteiger partial charge in [-0.3, -0.25) is 4.79 Å². The largest absolute Gasteiger partial charge is 0.464 e. The van der Waals surface area contributed by atoms with Crippen LogP contribution in [0.25, 0.3) is 10.9 Å². The predicted octanol–water partition coefficient (Wildman–Crippen LogP) is 2.87. The first-order valence-electron chi connectivity index (χ1n) is 7.19. The van der Waals surface area contributed by atoms with Crippen molar-refractivity contribution < 1.29 is 14.7 Å². The van der Waals surface area contributed by atoms with E-state index in [0.717, 1.165) is 11.8 Å². The molecule has 21 heavy (non-hydrogen) atoms. The Morgan fingerprint density at radius 2 is 2.19 bits per heavy atom. The second-order valence-electron chi connectivity index (χ2n) is 5.57. The van der Waals surface area contributed by atoms with Gasteiger partial charge < -0.3 is 10.4 Å². The Labute approximate surface area is 122 Å². The number of aromatic nitrogens is 1. The van der Waals surface area contributed by atoms with Gasteiger partial charge in [-0.05, 0) is 12.0 Å². The van der Waals surface area contributed by atoms with Crippen molar-refractivity contribution in [2.24, 2.45) is 5.92 Å². The minimum atomic E-state index is -1.05. The molecule has 110 valence electrons. The molecule has 0 spiro atoms. The summed E-state index contributed by atoms with van der Waals surface area (Å²) in [6, 6.07) is 6.95. The van der Waals surface area contributed by atoms with Gasteiger partial charge >= 0.3 is 6.09 Å². The first-order valence-corrected chi connectivity index (χ1v) is 7.19. The number of carbonyl (C=O) groups is 2. The van der Waals surface area contributed by atoms with Gasteiger partial charge in [-0.25, -0.2) is 9.36 Å². The summed E-state index contributed by atoms with van der Waals surface area (Å²) >= 11 is 0. The van der Waals surface area contributed by atoms with Gasteiger partial charge in [-0.2, -0.15) is 0 Å². The molecular weight excluding hydrogens is 268 g/mol. The van der Waals surface area contributed by atoms with Crippen molar-refractivity contribution in [2.45, 2.75) is 32.9 Å². The molecule has 0 saturated heterocycles. The number of carbonyl (C=O) groups excluding carboxylic acids is 1. The molecular formula is C16H18N2O3. The van der Waals surface area contributed by atoms with Crippen LogP contribution in [0.5, 0.6) is 0 Å². The second-order valence-corrected chi connectivity index (χ2v) is 5.57. The fourth-order valence-electron chi connectivity index (χ4n) is 3.10. The first kappa shape index (κ1) is 13.8. The number of benzene rings is 1. The van der Waals surface area contributed by atoms with Crippen LogP contribution in [0.4, 0.5) is 4.79 Å². The molecule has 2 N–H and O–H groups in total. The lowest BCUT2D eigenvalue weighted by Gasteiger charge is -2.27. The van der Waals surface area contributed by atoms with Crippen LogP contribution in [0.3, 0.4) is 0 Å². The molecule has 0 aliphatic carbocycles. The molecule has 0 radical (unpaired) electrons. The summed E-state index contributed by atoms with van der Waals surface area (Å²) < 4.78 is 1.22. The quantitative estimate of drug-likeness (QED) is 0.890. The molecule has 1 aliphatic heterocycles. The molecule has 0 fully saturated rings. The lowest BCUT2D eigenvalue weighted by Crippen LogP contribution is -2.46. The van der Waals surface area contributed by atoms with Crippen molar-refractivity contribution >= 4 is 22.8 Å². The number of nitrogens with zero attached hydrogens (tertiary/aromatic N) is 1. The van der Waals surface area contributed by atoms with Crippen molar-refractivity contribution in [2.75, 3.05) is 0 Å². The summed E-state index contributed by atoms with van der Waals surface area (Å²) in [5.74, 6) is 0.222. The van der Waals surface area contributed by atoms with Gasteiger partial charge in [0.2, 0.25) is 0 Å². The van der Waals surface area contributed by atoms with Crippen LogP contribution in [0.1, 0.15) is 36.3 Å². The maximum Gasteiger partial charge on any atom is 0.416 e. The van der Waals surface area contributed by atoms with E-state index < -0.39 is 6.09 Å². The van der Waals surface area contributed by atoms with Crippen molar-refractivity contribution in [1.82, 2.24) is 9.88 Å². The highest BCUT2D eigenvalue weighted by Crippen LogP contribution is 2.31. The molecule has 2 unspecified atom stereocenters. The number of hydrogen-bond acceptors (Lipinski definition) is 3. The van der Waals surface area contributed by atoms with Crippen LogP contribution in [0.15, 0.2) is 24.3 Å². The molecule has 1 aliphatic rings. The van der Waals surface area contributed by atoms with Gasteiger partial charge in [-0.1, -0.05) is 38.5 Å². The molecule has 1 aromatic heterocycles. The Morgan fingerprint density at radius 3 is 2.86 bits per heavy atom. The van der Waals surface area contributed by atoms with Gasteiger partial charge in [0.05, 0.1) is 17.3 Å². The average Bonchev–Trinajstić information content (AvgIpc) is 2.82. The third-order valence-corrected chi connectivity index (χ3v) is 4.40. The molecule has 1 aromatic carbocycles. The minimum Gasteiger partial charge on any atom is -0.464 e. The molecule has 0 bridgehead atoms. The maximum atomic E-state index is 12.8. The monoisotopic (exact) mass is 286 g/mol. The van der Waals surface area contributed by atoms with Crippen molar-refractivity contribution in [3.05, 3.63) is 35.5 Å². The molecule has 2 atom stereocenters. The zero-order valence-corrected chi connectivity index (χ0v) is 12.1. The lowest BCUT2D eigenvalue weighted by molar-refractivity contribution is 0.0895. The third-order valence-electron chi connectivity index (χ3n) is 4.40. The van der Waals surface area contributed by atoms with Crippen molar-refractivity contribution in [3.63, 3.8) is 0 Å². The summed E-state index contributed by atoms with van der Waals surface area (Å²) in [7, 11) is 0. The van der Waals surface area contributed by atoms with Crippen LogP contribution in [0.2, 0.25) is 0 Å². The third kappa shape index (κ3) is 1.96. The van der Waals surface area contributed by atoms with Gasteiger partial charge in [0.15, 0.2) is 5.78 Å². The van der Waals surface area contributed by atoms with Crippen LogP contribution < -0.4 is 5.32 Å². The van der Waals surface area contributed by atoms with Gasteiger partial charge in [0, 0.05) is 17.5 Å². The van der Waals surface area contributed by atoms with E-state index in [4.69, 9.17) is 0 Å². The van der Waals surface area contributed by atoms with Crippen LogP contribution in [0, 0.1) is 5.92 Å². The van der Waals surface area contributed by atoms with E-state index in [2.05, 4.69) is 12.2 Å². The Hall–Kier alpha value is -2.14. The SMILES string of the molecule is CCC(C)C1NCc2c(c3ccccc3n2C(=O)O)C1=O. The van der Waals surface area contributed by atoms with Crippen LogP contribution in [-0.4, -0.2) is 27.6 Å². The summed E-state index contributed by atoms with van der Waals surface area (Å²) in [6.07, 6.45) is -0.153. The van der Waals surface area contributed by atoms with Gasteiger partial charge in [0.1, 0.15) is 0 Å². The fourth-order valence-corrected chi connectivity index (χ4v) is 3.10. The van der Waals surface area contributed by atoms with E-state index in [1.54, 1.807) is 12.1 Å². The highest BCUT2D eigenvalue weighted by atomic mass is 16.4. The van der Waals surface area contributed by atoms with Gasteiger partial charge in [-0.15, -0.1) is 0 Å². The van der Waals surface area contributed by atoms with E-state index in [1.807, 2.05) is 19.1 Å². The molecule has 2 heterocycles. The molecule has 5 heteroatoms. The molecule has 5 nitrogen and oxygen atoms in total.